The van der Waals surface area contributed by atoms with Gasteiger partial charge < -0.3 is 9.15 Å². The molecule has 0 bridgehead atoms. The molecule has 2 heterocycles. The Kier molecular flexibility index (Phi) is 7.96. The molecule has 0 N–H and O–H groups in total. The van der Waals surface area contributed by atoms with E-state index in [1.165, 1.54) is 11.8 Å². The van der Waals surface area contributed by atoms with Crippen LogP contribution in [0, 0.1) is 0 Å². The lowest BCUT2D eigenvalue weighted by atomic mass is 10.1. The average Bonchev–Trinajstić information content (AvgIpc) is 3.54. The van der Waals surface area contributed by atoms with Gasteiger partial charge in [-0.05, 0) is 77.9 Å². The summed E-state index contributed by atoms with van der Waals surface area (Å²) in [6.07, 6.45) is 7.13. The Labute approximate surface area is 225 Å². The van der Waals surface area contributed by atoms with Crippen molar-refractivity contribution in [1.82, 2.24) is 4.90 Å². The second-order valence-corrected chi connectivity index (χ2v) is 9.50. The summed E-state index contributed by atoms with van der Waals surface area (Å²) in [6.45, 7) is 2.22. The Morgan fingerprint density at radius 2 is 1.66 bits per heavy atom. The highest BCUT2D eigenvalue weighted by molar-refractivity contribution is 8.18. The highest BCUT2D eigenvalue weighted by atomic mass is 32.2. The van der Waals surface area contributed by atoms with Gasteiger partial charge in [-0.2, -0.15) is 5.10 Å². The fraction of sp³-hybridized carbons (Fsp3) is 0.0645. The number of para-hydroxylation sites is 1. The van der Waals surface area contributed by atoms with E-state index < -0.39 is 0 Å². The summed E-state index contributed by atoms with van der Waals surface area (Å²) >= 11 is 1.28. The maximum atomic E-state index is 13.4. The first-order valence-electron chi connectivity index (χ1n) is 12.1. The van der Waals surface area contributed by atoms with Gasteiger partial charge >= 0.3 is 0 Å². The average molecular weight is 520 g/mol. The number of benzene rings is 3. The molecule has 1 aliphatic rings. The molecule has 3 aromatic carbocycles. The molecule has 6 nitrogen and oxygen atoms in total. The largest absolute Gasteiger partial charge is 0.467 e. The van der Waals surface area contributed by atoms with Gasteiger partial charge in [-0.3, -0.25) is 9.69 Å². The minimum Gasteiger partial charge on any atom is -0.467 e. The topological polar surface area (TPSA) is 67.4 Å². The van der Waals surface area contributed by atoms with Crippen LogP contribution >= 0.6 is 11.8 Å². The van der Waals surface area contributed by atoms with Crippen LogP contribution in [0.25, 0.3) is 12.2 Å². The molecule has 38 heavy (non-hydrogen) atoms. The van der Waals surface area contributed by atoms with Crippen LogP contribution in [0.1, 0.15) is 23.8 Å². The zero-order valence-electron chi connectivity index (χ0n) is 20.7. The number of ether oxygens (including phenoxy) is 1. The first-order chi connectivity index (χ1) is 18.6. The second kappa shape index (κ2) is 12.1. The molecule has 5 rings (SSSR count). The van der Waals surface area contributed by atoms with Crippen molar-refractivity contribution in [3.63, 3.8) is 0 Å². The Bertz CT molecular complexity index is 1510. The number of amides is 1. The van der Waals surface area contributed by atoms with E-state index in [0.29, 0.717) is 21.6 Å². The van der Waals surface area contributed by atoms with Gasteiger partial charge in [0.2, 0.25) is 0 Å². The van der Waals surface area contributed by atoms with Crippen LogP contribution in [-0.4, -0.2) is 22.2 Å². The molecular formula is C31H25N3O3S. The minimum absolute atomic E-state index is 0.161. The van der Waals surface area contributed by atoms with Gasteiger partial charge in [0.05, 0.1) is 23.9 Å². The number of carbonyl (C=O) groups is 1. The van der Waals surface area contributed by atoms with E-state index in [1.54, 1.807) is 23.4 Å². The molecule has 1 aromatic heterocycles. The van der Waals surface area contributed by atoms with Crippen LogP contribution < -0.4 is 4.74 Å². The standard InChI is InChI=1S/C31H25N3O3S/c1-23(18-24-10-4-2-5-11-24)21-32-33-31-34(22-28-16-9-17-36-28)30(35)29(38-31)20-25-12-8-15-27(19-25)37-26-13-6-3-7-14-26/h2-21H,22H2,1H3/b23-18+,29-20-,32-21-,33-31+. The quantitative estimate of drug-likeness (QED) is 0.136. The Hall–Kier alpha value is -4.62. The van der Waals surface area contributed by atoms with Gasteiger partial charge in [-0.25, -0.2) is 0 Å². The number of allylic oxidation sites excluding steroid dienone is 1. The molecule has 0 radical (unpaired) electrons. The van der Waals surface area contributed by atoms with Crippen molar-refractivity contribution in [2.75, 3.05) is 0 Å². The molecule has 1 fully saturated rings. The Morgan fingerprint density at radius 3 is 2.42 bits per heavy atom. The highest BCUT2D eigenvalue weighted by Gasteiger charge is 2.34. The molecule has 1 aliphatic heterocycles. The highest BCUT2D eigenvalue weighted by Crippen LogP contribution is 2.34. The van der Waals surface area contributed by atoms with Gasteiger partial charge in [-0.15, -0.1) is 5.10 Å². The first kappa shape index (κ1) is 25.0. The van der Waals surface area contributed by atoms with Crippen LogP contribution in [0.3, 0.4) is 0 Å². The van der Waals surface area contributed by atoms with Crippen LogP contribution in [0.15, 0.2) is 128 Å². The fourth-order valence-electron chi connectivity index (χ4n) is 3.74. The number of carbonyl (C=O) groups excluding carboxylic acids is 1. The zero-order valence-corrected chi connectivity index (χ0v) is 21.5. The normalized spacial score (nSPS) is 16.2. The van der Waals surface area contributed by atoms with E-state index in [9.17, 15) is 4.79 Å². The molecule has 0 aliphatic carbocycles. The first-order valence-corrected chi connectivity index (χ1v) is 12.9. The summed E-state index contributed by atoms with van der Waals surface area (Å²) in [4.78, 5) is 15.5. The maximum Gasteiger partial charge on any atom is 0.267 e. The number of rotatable bonds is 8. The number of nitrogens with zero attached hydrogens (tertiary/aromatic N) is 3. The molecule has 7 heteroatoms. The summed E-state index contributed by atoms with van der Waals surface area (Å²) in [5, 5.41) is 9.14. The van der Waals surface area contributed by atoms with Crippen molar-refractivity contribution in [1.29, 1.82) is 0 Å². The Morgan fingerprint density at radius 1 is 0.921 bits per heavy atom. The maximum absolute atomic E-state index is 13.4. The van der Waals surface area contributed by atoms with Crippen molar-refractivity contribution in [2.24, 2.45) is 10.2 Å². The number of amidine groups is 1. The number of furan rings is 1. The number of thioether (sulfide) groups is 1. The van der Waals surface area contributed by atoms with Gasteiger partial charge in [0.25, 0.3) is 5.91 Å². The lowest BCUT2D eigenvalue weighted by molar-refractivity contribution is -0.122. The summed E-state index contributed by atoms with van der Waals surface area (Å²) in [7, 11) is 0. The van der Waals surface area contributed by atoms with E-state index in [4.69, 9.17) is 9.15 Å². The predicted octanol–water partition coefficient (Wildman–Crippen LogP) is 7.63. The third kappa shape index (κ3) is 6.57. The second-order valence-electron chi connectivity index (χ2n) is 8.50. The summed E-state index contributed by atoms with van der Waals surface area (Å²) in [6, 6.07) is 30.8. The Balaban J connectivity index is 1.38. The molecule has 1 saturated heterocycles. The SMILES string of the molecule is CC(/C=N\N=C1\S/C(=C\c2cccc(Oc3ccccc3)c2)C(=O)N1Cc1ccco1)=C\c1ccccc1. The third-order valence-corrected chi connectivity index (χ3v) is 6.51. The van der Waals surface area contributed by atoms with Crippen molar-refractivity contribution in [3.05, 3.63) is 131 Å². The monoisotopic (exact) mass is 519 g/mol. The van der Waals surface area contributed by atoms with Crippen molar-refractivity contribution in [2.45, 2.75) is 13.5 Å². The lowest BCUT2D eigenvalue weighted by Gasteiger charge is -2.12. The van der Waals surface area contributed by atoms with Crippen molar-refractivity contribution in [3.8, 4) is 11.5 Å². The molecule has 1 amide bonds. The molecule has 0 unspecified atom stereocenters. The number of hydrogen-bond donors (Lipinski definition) is 0. The van der Waals surface area contributed by atoms with E-state index in [-0.39, 0.29) is 12.5 Å². The van der Waals surface area contributed by atoms with Crippen molar-refractivity contribution < 1.29 is 13.9 Å². The van der Waals surface area contributed by atoms with Crippen molar-refractivity contribution >= 4 is 41.2 Å². The summed E-state index contributed by atoms with van der Waals surface area (Å²) in [5.74, 6) is 1.94. The predicted molar refractivity (Wildman–Crippen MR) is 154 cm³/mol. The van der Waals surface area contributed by atoms with Gasteiger partial charge in [0.15, 0.2) is 5.17 Å². The van der Waals surface area contributed by atoms with Crippen LogP contribution in [0.4, 0.5) is 0 Å². The van der Waals surface area contributed by atoms with Crippen LogP contribution in [-0.2, 0) is 11.3 Å². The summed E-state index contributed by atoms with van der Waals surface area (Å²) in [5.41, 5.74) is 2.87. The number of hydrogen-bond acceptors (Lipinski definition) is 6. The van der Waals surface area contributed by atoms with E-state index >= 15 is 0 Å². The molecule has 4 aromatic rings. The van der Waals surface area contributed by atoms with Crippen LogP contribution in [0.2, 0.25) is 0 Å². The lowest BCUT2D eigenvalue weighted by Crippen LogP contribution is -2.28. The molecule has 0 spiro atoms. The third-order valence-electron chi connectivity index (χ3n) is 5.52. The molecule has 188 valence electrons. The summed E-state index contributed by atoms with van der Waals surface area (Å²) < 4.78 is 11.4. The minimum atomic E-state index is -0.161. The van der Waals surface area contributed by atoms with E-state index in [2.05, 4.69) is 10.2 Å². The molecule has 0 atom stereocenters. The van der Waals surface area contributed by atoms with Crippen LogP contribution in [0.5, 0.6) is 11.5 Å². The van der Waals surface area contributed by atoms with Gasteiger partial charge in [-0.1, -0.05) is 66.7 Å². The fourth-order valence-corrected chi connectivity index (χ4v) is 4.68. The van der Waals surface area contributed by atoms with Gasteiger partial charge in [0, 0.05) is 0 Å². The van der Waals surface area contributed by atoms with Gasteiger partial charge in [0.1, 0.15) is 17.3 Å². The smallest absolute Gasteiger partial charge is 0.267 e. The van der Waals surface area contributed by atoms with E-state index in [1.807, 2.05) is 110 Å². The van der Waals surface area contributed by atoms with E-state index in [0.717, 1.165) is 22.4 Å². The molecular weight excluding hydrogens is 494 g/mol. The molecule has 0 saturated carbocycles. The zero-order chi connectivity index (χ0) is 26.2.